The zero-order valence-electron chi connectivity index (χ0n) is 9.00. The smallest absolute Gasteiger partial charge is 0.335 e. The Morgan fingerprint density at radius 2 is 2.24 bits per heavy atom. The number of carboxylic acids is 1. The van der Waals surface area contributed by atoms with Crippen molar-refractivity contribution in [1.29, 1.82) is 0 Å². The number of carbonyl (C=O) groups is 2. The Bertz CT molecular complexity index is 446. The highest BCUT2D eigenvalue weighted by Crippen LogP contribution is 1.97. The largest absolute Gasteiger partial charge is 0.480 e. The molecule has 1 heterocycles. The number of rotatable bonds is 5. The van der Waals surface area contributed by atoms with Crippen molar-refractivity contribution in [3.05, 3.63) is 34.4 Å². The van der Waals surface area contributed by atoms with Crippen LogP contribution in [0.4, 0.5) is 0 Å². The quantitative estimate of drug-likeness (QED) is 0.717. The molecule has 0 fully saturated rings. The predicted octanol–water partition coefficient (Wildman–Crippen LogP) is -0.531. The van der Waals surface area contributed by atoms with Crippen LogP contribution in [0.1, 0.15) is 10.4 Å². The SMILES string of the molecule is COCC(NC(=O)c1ccc(=O)oc1)C(=O)O. The third-order valence-electron chi connectivity index (χ3n) is 1.90. The summed E-state index contributed by atoms with van der Waals surface area (Å²) in [5.74, 6) is -1.87. The maximum atomic E-state index is 11.6. The molecule has 1 aromatic rings. The van der Waals surface area contributed by atoms with Gasteiger partial charge in [0.15, 0.2) is 6.04 Å². The van der Waals surface area contributed by atoms with E-state index in [1.54, 1.807) is 0 Å². The predicted molar refractivity (Wildman–Crippen MR) is 55.7 cm³/mol. The third-order valence-corrected chi connectivity index (χ3v) is 1.90. The van der Waals surface area contributed by atoms with Crippen molar-refractivity contribution in [1.82, 2.24) is 5.32 Å². The van der Waals surface area contributed by atoms with Crippen LogP contribution in [-0.4, -0.2) is 36.7 Å². The Morgan fingerprint density at radius 3 is 2.71 bits per heavy atom. The van der Waals surface area contributed by atoms with Gasteiger partial charge in [-0.3, -0.25) is 4.79 Å². The molecule has 7 heteroatoms. The van der Waals surface area contributed by atoms with Crippen molar-refractivity contribution in [2.24, 2.45) is 0 Å². The normalized spacial score (nSPS) is 11.8. The Morgan fingerprint density at radius 1 is 1.53 bits per heavy atom. The Hall–Kier alpha value is -2.15. The highest BCUT2D eigenvalue weighted by Gasteiger charge is 2.20. The second kappa shape index (κ2) is 5.80. The molecular formula is C10H11NO6. The zero-order chi connectivity index (χ0) is 12.8. The van der Waals surface area contributed by atoms with Crippen LogP contribution in [0.25, 0.3) is 0 Å². The first-order valence-electron chi connectivity index (χ1n) is 4.66. The fourth-order valence-electron chi connectivity index (χ4n) is 1.07. The van der Waals surface area contributed by atoms with Gasteiger partial charge in [-0.1, -0.05) is 0 Å². The highest BCUT2D eigenvalue weighted by atomic mass is 16.5. The van der Waals surface area contributed by atoms with Crippen molar-refractivity contribution in [3.63, 3.8) is 0 Å². The summed E-state index contributed by atoms with van der Waals surface area (Å²) in [6.07, 6.45) is 0.962. The summed E-state index contributed by atoms with van der Waals surface area (Å²) in [7, 11) is 1.32. The van der Waals surface area contributed by atoms with Crippen molar-refractivity contribution in [2.45, 2.75) is 6.04 Å². The van der Waals surface area contributed by atoms with Gasteiger partial charge in [0.05, 0.1) is 12.2 Å². The van der Waals surface area contributed by atoms with Crippen LogP contribution in [-0.2, 0) is 9.53 Å². The molecule has 0 radical (unpaired) electrons. The molecule has 7 nitrogen and oxygen atoms in total. The van der Waals surface area contributed by atoms with Gasteiger partial charge in [0.25, 0.3) is 5.91 Å². The van der Waals surface area contributed by atoms with E-state index in [4.69, 9.17) is 5.11 Å². The maximum absolute atomic E-state index is 11.6. The van der Waals surface area contributed by atoms with E-state index in [2.05, 4.69) is 14.5 Å². The molecular weight excluding hydrogens is 230 g/mol. The van der Waals surface area contributed by atoms with E-state index in [1.165, 1.54) is 13.2 Å². The highest BCUT2D eigenvalue weighted by molar-refractivity contribution is 5.96. The Labute approximate surface area is 96.0 Å². The fraction of sp³-hybridized carbons (Fsp3) is 0.300. The lowest BCUT2D eigenvalue weighted by Crippen LogP contribution is -2.43. The van der Waals surface area contributed by atoms with Gasteiger partial charge in [-0.05, 0) is 6.07 Å². The molecule has 0 spiro atoms. The van der Waals surface area contributed by atoms with Crippen molar-refractivity contribution >= 4 is 11.9 Å². The summed E-state index contributed by atoms with van der Waals surface area (Å²) in [5.41, 5.74) is -0.528. The molecule has 0 saturated carbocycles. The second-order valence-corrected chi connectivity index (χ2v) is 3.16. The summed E-state index contributed by atoms with van der Waals surface area (Å²) in [6, 6.07) is 1.16. The Kier molecular flexibility index (Phi) is 4.41. The number of amides is 1. The van der Waals surface area contributed by atoms with Gasteiger partial charge in [0, 0.05) is 13.2 Å². The van der Waals surface area contributed by atoms with Crippen LogP contribution in [0, 0.1) is 0 Å². The standard InChI is InChI=1S/C10H11NO6/c1-16-5-7(10(14)15)11-9(13)6-2-3-8(12)17-4-6/h2-4,7H,5H2,1H3,(H,11,13)(H,14,15). The van der Waals surface area contributed by atoms with Crippen LogP contribution < -0.4 is 10.9 Å². The molecule has 0 aliphatic carbocycles. The van der Waals surface area contributed by atoms with Gasteiger partial charge >= 0.3 is 11.6 Å². The number of aliphatic carboxylic acids is 1. The molecule has 17 heavy (non-hydrogen) atoms. The lowest BCUT2D eigenvalue weighted by atomic mass is 10.2. The minimum absolute atomic E-state index is 0.0620. The lowest BCUT2D eigenvalue weighted by Gasteiger charge is -2.12. The van der Waals surface area contributed by atoms with E-state index in [0.29, 0.717) is 0 Å². The van der Waals surface area contributed by atoms with Gasteiger partial charge in [0.1, 0.15) is 6.26 Å². The third kappa shape index (κ3) is 3.72. The molecule has 1 amide bonds. The van der Waals surface area contributed by atoms with E-state index in [-0.39, 0.29) is 12.2 Å². The summed E-state index contributed by atoms with van der Waals surface area (Å²) in [4.78, 5) is 33.0. The number of methoxy groups -OCH3 is 1. The van der Waals surface area contributed by atoms with E-state index < -0.39 is 23.5 Å². The topological polar surface area (TPSA) is 106 Å². The molecule has 1 rings (SSSR count). The monoisotopic (exact) mass is 241 g/mol. The van der Waals surface area contributed by atoms with Crippen molar-refractivity contribution < 1.29 is 23.8 Å². The van der Waals surface area contributed by atoms with Crippen LogP contribution >= 0.6 is 0 Å². The molecule has 1 unspecified atom stereocenters. The minimum atomic E-state index is -1.21. The molecule has 0 saturated heterocycles. The minimum Gasteiger partial charge on any atom is -0.480 e. The van der Waals surface area contributed by atoms with E-state index >= 15 is 0 Å². The summed E-state index contributed by atoms with van der Waals surface area (Å²) in [6.45, 7) is -0.155. The van der Waals surface area contributed by atoms with Gasteiger partial charge in [-0.15, -0.1) is 0 Å². The van der Waals surface area contributed by atoms with Crippen molar-refractivity contribution in [3.8, 4) is 0 Å². The van der Waals surface area contributed by atoms with Crippen molar-refractivity contribution in [2.75, 3.05) is 13.7 Å². The van der Waals surface area contributed by atoms with E-state index in [0.717, 1.165) is 12.3 Å². The average molecular weight is 241 g/mol. The maximum Gasteiger partial charge on any atom is 0.335 e. The molecule has 2 N–H and O–H groups in total. The summed E-state index contributed by atoms with van der Waals surface area (Å²) < 4.78 is 9.14. The van der Waals surface area contributed by atoms with Gasteiger partial charge in [0.2, 0.25) is 0 Å². The van der Waals surface area contributed by atoms with Crippen LogP contribution in [0.5, 0.6) is 0 Å². The number of nitrogens with one attached hydrogen (secondary N) is 1. The number of ether oxygens (including phenoxy) is 1. The number of hydrogen-bond acceptors (Lipinski definition) is 5. The second-order valence-electron chi connectivity index (χ2n) is 3.16. The molecule has 0 bridgehead atoms. The number of hydrogen-bond donors (Lipinski definition) is 2. The number of carboxylic acid groups (broad SMARTS) is 1. The van der Waals surface area contributed by atoms with Gasteiger partial charge in [-0.25, -0.2) is 9.59 Å². The zero-order valence-corrected chi connectivity index (χ0v) is 9.00. The molecule has 92 valence electrons. The van der Waals surface area contributed by atoms with Crippen LogP contribution in [0.3, 0.4) is 0 Å². The first-order valence-corrected chi connectivity index (χ1v) is 4.66. The molecule has 0 aliphatic rings. The van der Waals surface area contributed by atoms with Crippen LogP contribution in [0.15, 0.2) is 27.6 Å². The molecule has 1 aromatic heterocycles. The lowest BCUT2D eigenvalue weighted by molar-refractivity contribution is -0.140. The molecule has 1 atom stereocenters. The van der Waals surface area contributed by atoms with Gasteiger partial charge in [-0.2, -0.15) is 0 Å². The fourth-order valence-corrected chi connectivity index (χ4v) is 1.07. The van der Waals surface area contributed by atoms with E-state index in [9.17, 15) is 14.4 Å². The molecule has 0 aromatic carbocycles. The first-order chi connectivity index (χ1) is 8.04. The van der Waals surface area contributed by atoms with Gasteiger partial charge < -0.3 is 19.6 Å². The summed E-state index contributed by atoms with van der Waals surface area (Å²) in [5, 5.41) is 11.0. The first kappa shape index (κ1) is 12.9. The number of carbonyl (C=O) groups excluding carboxylic acids is 1. The molecule has 0 aliphatic heterocycles. The average Bonchev–Trinajstić information content (AvgIpc) is 2.29. The summed E-state index contributed by atoms with van der Waals surface area (Å²) >= 11 is 0. The Balaban J connectivity index is 2.73. The van der Waals surface area contributed by atoms with E-state index in [1.807, 2.05) is 0 Å². The van der Waals surface area contributed by atoms with Crippen LogP contribution in [0.2, 0.25) is 0 Å².